The molecule has 0 aromatic rings. The van der Waals surface area contributed by atoms with E-state index in [9.17, 15) is 10.2 Å². The van der Waals surface area contributed by atoms with Crippen molar-refractivity contribution in [2.75, 3.05) is 6.61 Å². The minimum Gasteiger partial charge on any atom is -0.394 e. The predicted octanol–water partition coefficient (Wildman–Crippen LogP) is -1.82. The van der Waals surface area contributed by atoms with Crippen molar-refractivity contribution in [2.45, 2.75) is 29.4 Å². The Morgan fingerprint density at radius 3 is 2.25 bits per heavy atom. The van der Waals surface area contributed by atoms with Crippen molar-refractivity contribution in [3.8, 4) is 0 Å². The first-order chi connectivity index (χ1) is 5.57. The molecule has 1 rings (SSSR count). The van der Waals surface area contributed by atoms with Gasteiger partial charge < -0.3 is 25.2 Å². The molecule has 0 aliphatic carbocycles. The molecule has 0 saturated carbocycles. The molecule has 5 atom stereocenters. The first-order valence-electron chi connectivity index (χ1n) is 3.52. The van der Waals surface area contributed by atoms with Gasteiger partial charge in [0.1, 0.15) is 12.2 Å². The largest absolute Gasteiger partial charge is 0.394 e. The van der Waals surface area contributed by atoms with Gasteiger partial charge in [-0.05, 0) is 0 Å². The van der Waals surface area contributed by atoms with Gasteiger partial charge in [0, 0.05) is 0 Å². The van der Waals surface area contributed by atoms with E-state index >= 15 is 0 Å². The van der Waals surface area contributed by atoms with Crippen LogP contribution in [0.25, 0.3) is 0 Å². The third kappa shape index (κ3) is 1.78. The van der Waals surface area contributed by atoms with E-state index in [-0.39, 0.29) is 0 Å². The Hall–Kier alpha value is 0.280. The molecule has 6 heteroatoms. The summed E-state index contributed by atoms with van der Waals surface area (Å²) >= 11 is 2.95. The number of aliphatic hydroxyl groups excluding tert-OH is 4. The summed E-state index contributed by atoms with van der Waals surface area (Å²) < 4.78 is 4.78. The summed E-state index contributed by atoms with van der Waals surface area (Å²) in [6, 6.07) is 0. The zero-order valence-electron chi connectivity index (χ0n) is 6.17. The van der Waals surface area contributed by atoms with Crippen LogP contribution < -0.4 is 0 Å². The maximum atomic E-state index is 9.27. The molecule has 1 fully saturated rings. The minimum atomic E-state index is -1.21. The molecule has 0 amide bonds. The van der Waals surface area contributed by atoms with Gasteiger partial charge in [0.15, 0.2) is 6.29 Å². The maximum Gasteiger partial charge on any atom is 0.170 e. The van der Waals surface area contributed by atoms with Gasteiger partial charge in [0.2, 0.25) is 0 Å². The molecule has 0 aromatic heterocycles. The van der Waals surface area contributed by atoms with Gasteiger partial charge in [-0.2, -0.15) is 0 Å². The second-order valence-corrected chi connectivity index (χ2v) is 3.73. The van der Waals surface area contributed by atoms with Crippen molar-refractivity contribution in [3.63, 3.8) is 0 Å². The topological polar surface area (TPSA) is 90.2 Å². The van der Waals surface area contributed by atoms with Crippen LogP contribution >= 0.6 is 15.9 Å². The van der Waals surface area contributed by atoms with Crippen LogP contribution in [0.15, 0.2) is 0 Å². The van der Waals surface area contributed by atoms with E-state index in [4.69, 9.17) is 14.9 Å². The number of aliphatic hydroxyl groups is 4. The van der Waals surface area contributed by atoms with E-state index in [0.717, 1.165) is 0 Å². The van der Waals surface area contributed by atoms with Crippen LogP contribution in [-0.4, -0.2) is 56.5 Å². The fraction of sp³-hybridized carbons (Fsp3) is 1.00. The van der Waals surface area contributed by atoms with Crippen LogP contribution in [-0.2, 0) is 4.74 Å². The Balaban J connectivity index is 2.63. The number of hydrogen-bond acceptors (Lipinski definition) is 5. The molecule has 1 aliphatic rings. The highest BCUT2D eigenvalue weighted by atomic mass is 79.9. The fourth-order valence-corrected chi connectivity index (χ4v) is 1.50. The zero-order valence-corrected chi connectivity index (χ0v) is 7.75. The molecule has 0 aromatic carbocycles. The van der Waals surface area contributed by atoms with Crippen molar-refractivity contribution >= 4 is 15.9 Å². The maximum absolute atomic E-state index is 9.27. The first-order valence-corrected chi connectivity index (χ1v) is 4.44. The number of hydrogen-bond donors (Lipinski definition) is 4. The van der Waals surface area contributed by atoms with Crippen LogP contribution in [0.5, 0.6) is 0 Å². The lowest BCUT2D eigenvalue weighted by Crippen LogP contribution is -2.56. The molecule has 0 bridgehead atoms. The van der Waals surface area contributed by atoms with E-state index in [1.807, 2.05) is 0 Å². The average molecular weight is 243 g/mol. The summed E-state index contributed by atoms with van der Waals surface area (Å²) in [4.78, 5) is -0.727. The van der Waals surface area contributed by atoms with Crippen molar-refractivity contribution < 1.29 is 25.2 Å². The van der Waals surface area contributed by atoms with Crippen LogP contribution in [0.2, 0.25) is 0 Å². The molecular formula is C6H11BrO5. The van der Waals surface area contributed by atoms with E-state index in [1.54, 1.807) is 0 Å². The first kappa shape index (κ1) is 10.4. The van der Waals surface area contributed by atoms with Gasteiger partial charge >= 0.3 is 0 Å². The summed E-state index contributed by atoms with van der Waals surface area (Å²) in [5, 5.41) is 36.3. The molecule has 12 heavy (non-hydrogen) atoms. The summed E-state index contributed by atoms with van der Waals surface area (Å²) in [6.45, 7) is -0.436. The Morgan fingerprint density at radius 1 is 1.17 bits per heavy atom. The van der Waals surface area contributed by atoms with E-state index in [0.29, 0.717) is 0 Å². The number of halogens is 1. The van der Waals surface area contributed by atoms with Crippen molar-refractivity contribution in [1.82, 2.24) is 0 Å². The van der Waals surface area contributed by atoms with Crippen LogP contribution in [0, 0.1) is 0 Å². The molecule has 0 unspecified atom stereocenters. The summed E-state index contributed by atoms with van der Waals surface area (Å²) in [5.74, 6) is 0. The molecule has 1 saturated heterocycles. The normalized spacial score (nSPS) is 49.2. The quantitative estimate of drug-likeness (QED) is 0.407. The van der Waals surface area contributed by atoms with E-state index in [1.165, 1.54) is 0 Å². The van der Waals surface area contributed by atoms with Crippen LogP contribution in [0.4, 0.5) is 0 Å². The fourth-order valence-electron chi connectivity index (χ4n) is 1.06. The van der Waals surface area contributed by atoms with Crippen molar-refractivity contribution in [2.24, 2.45) is 0 Å². The van der Waals surface area contributed by atoms with Crippen LogP contribution in [0.1, 0.15) is 0 Å². The zero-order chi connectivity index (χ0) is 9.30. The lowest BCUT2D eigenvalue weighted by Gasteiger charge is -2.37. The third-order valence-electron chi connectivity index (χ3n) is 1.82. The summed E-state index contributed by atoms with van der Waals surface area (Å²) in [7, 11) is 0. The molecule has 1 heterocycles. The lowest BCUT2D eigenvalue weighted by atomic mass is 10.0. The Labute approximate surface area is 77.7 Å². The molecule has 0 spiro atoms. The van der Waals surface area contributed by atoms with Gasteiger partial charge in [0.25, 0.3) is 0 Å². The second-order valence-electron chi connectivity index (χ2n) is 2.67. The predicted molar refractivity (Wildman–Crippen MR) is 42.7 cm³/mol. The standard InChI is InChI=1S/C6H11BrO5/c7-3-5(10)4(9)2(1-8)12-6(3)11/h2-6,8-11H,1H2/t2-,3-,4+,5-,6+/m0/s1. The van der Waals surface area contributed by atoms with Crippen molar-refractivity contribution in [3.05, 3.63) is 0 Å². The number of rotatable bonds is 1. The Kier molecular flexibility index (Phi) is 3.45. The lowest BCUT2D eigenvalue weighted by molar-refractivity contribution is -0.233. The van der Waals surface area contributed by atoms with Gasteiger partial charge in [-0.15, -0.1) is 0 Å². The molecule has 72 valence electrons. The molecule has 5 nitrogen and oxygen atoms in total. The van der Waals surface area contributed by atoms with Gasteiger partial charge in [0.05, 0.1) is 17.5 Å². The second kappa shape index (κ2) is 3.99. The highest BCUT2D eigenvalue weighted by Gasteiger charge is 2.42. The Morgan fingerprint density at radius 2 is 1.75 bits per heavy atom. The van der Waals surface area contributed by atoms with Gasteiger partial charge in [-0.3, -0.25) is 0 Å². The monoisotopic (exact) mass is 242 g/mol. The molecular weight excluding hydrogens is 232 g/mol. The van der Waals surface area contributed by atoms with E-state index < -0.39 is 36.0 Å². The average Bonchev–Trinajstić information content (AvgIpc) is 2.08. The smallest absolute Gasteiger partial charge is 0.170 e. The minimum absolute atomic E-state index is 0.436. The Bertz CT molecular complexity index is 150. The SMILES string of the molecule is OC[C@@H]1O[C@@H](O)[C@@H](Br)[C@H](O)[C@@H]1O. The number of alkyl halides is 1. The highest BCUT2D eigenvalue weighted by Crippen LogP contribution is 2.24. The molecule has 4 N–H and O–H groups in total. The van der Waals surface area contributed by atoms with Crippen molar-refractivity contribution in [1.29, 1.82) is 0 Å². The highest BCUT2D eigenvalue weighted by molar-refractivity contribution is 9.09. The molecule has 0 radical (unpaired) electrons. The van der Waals surface area contributed by atoms with Gasteiger partial charge in [-0.25, -0.2) is 0 Å². The third-order valence-corrected chi connectivity index (χ3v) is 2.82. The van der Waals surface area contributed by atoms with Gasteiger partial charge in [-0.1, -0.05) is 15.9 Å². The number of ether oxygens (including phenoxy) is 1. The van der Waals surface area contributed by atoms with E-state index in [2.05, 4.69) is 15.9 Å². The summed E-state index contributed by atoms with van der Waals surface area (Å²) in [5.41, 5.74) is 0. The van der Waals surface area contributed by atoms with Crippen LogP contribution in [0.3, 0.4) is 0 Å². The summed E-state index contributed by atoms with van der Waals surface area (Å²) in [6.07, 6.45) is -4.45. The molecule has 1 aliphatic heterocycles.